The summed E-state index contributed by atoms with van der Waals surface area (Å²) in [4.78, 5) is 27.4. The highest BCUT2D eigenvalue weighted by molar-refractivity contribution is 7.18. The van der Waals surface area contributed by atoms with Crippen molar-refractivity contribution in [3.8, 4) is 0 Å². The molecule has 0 bridgehead atoms. The Morgan fingerprint density at radius 1 is 1.41 bits per heavy atom. The number of carbonyl (C=O) groups is 2. The van der Waals surface area contributed by atoms with Gasteiger partial charge in [-0.1, -0.05) is 29.3 Å². The number of hydrogen-bond donors (Lipinski definition) is 3. The molecule has 0 unspecified atom stereocenters. The van der Waals surface area contributed by atoms with Crippen LogP contribution in [0.3, 0.4) is 0 Å². The molecule has 0 spiro atoms. The number of thiazole rings is 1. The Morgan fingerprint density at radius 2 is 2.14 bits per heavy atom. The fraction of sp³-hybridized carbons (Fsp3) is 0.385. The van der Waals surface area contributed by atoms with E-state index in [1.807, 2.05) is 0 Å². The van der Waals surface area contributed by atoms with Gasteiger partial charge in [-0.05, 0) is 12.8 Å². The van der Waals surface area contributed by atoms with Gasteiger partial charge in [0.15, 0.2) is 10.8 Å². The molecule has 0 saturated heterocycles. The van der Waals surface area contributed by atoms with Gasteiger partial charge >= 0.3 is 5.97 Å². The number of aromatic nitrogens is 2. The molecular weight excluding hydrogens is 308 g/mol. The molecule has 0 radical (unpaired) electrons. The number of ketones is 1. The molecule has 8 nitrogen and oxygen atoms in total. The maximum absolute atomic E-state index is 12.3. The molecular formula is C13H14N4O4S. The molecule has 1 saturated carbocycles. The number of nitrogens with two attached hydrogens (primary N) is 1. The number of rotatable bonds is 5. The van der Waals surface area contributed by atoms with Crippen LogP contribution in [0.25, 0.3) is 0 Å². The van der Waals surface area contributed by atoms with E-state index in [0.29, 0.717) is 11.2 Å². The number of nitrogens with one attached hydrogen (secondary N) is 1. The quantitative estimate of drug-likeness (QED) is 0.712. The second-order valence-corrected chi connectivity index (χ2v) is 6.07. The van der Waals surface area contributed by atoms with Crippen LogP contribution in [0.5, 0.6) is 0 Å². The lowest BCUT2D eigenvalue weighted by Gasteiger charge is -2.09. The monoisotopic (exact) mass is 322 g/mol. The van der Waals surface area contributed by atoms with E-state index in [1.165, 1.54) is 12.8 Å². The highest BCUT2D eigenvalue weighted by Crippen LogP contribution is 2.30. The zero-order valence-corrected chi connectivity index (χ0v) is 12.4. The van der Waals surface area contributed by atoms with Crippen molar-refractivity contribution in [2.24, 2.45) is 0 Å². The van der Waals surface area contributed by atoms with Gasteiger partial charge in [-0.3, -0.25) is 4.79 Å². The van der Waals surface area contributed by atoms with E-state index in [4.69, 9.17) is 15.4 Å². The molecule has 3 rings (SSSR count). The molecule has 0 amide bonds. The smallest absolute Gasteiger partial charge is 0.358 e. The Bertz CT molecular complexity index is 717. The molecule has 22 heavy (non-hydrogen) atoms. The number of nitrogens with zero attached hydrogens (tertiary/aromatic N) is 2. The third-order valence-electron chi connectivity index (χ3n) is 3.50. The van der Waals surface area contributed by atoms with Gasteiger partial charge in [-0.15, -0.1) is 0 Å². The van der Waals surface area contributed by atoms with Crippen molar-refractivity contribution in [2.45, 2.75) is 31.7 Å². The molecule has 9 heteroatoms. The summed E-state index contributed by atoms with van der Waals surface area (Å²) < 4.78 is 4.76. The van der Waals surface area contributed by atoms with Gasteiger partial charge in [0, 0.05) is 12.1 Å². The van der Waals surface area contributed by atoms with Crippen LogP contribution in [-0.4, -0.2) is 33.0 Å². The average molecular weight is 322 g/mol. The zero-order chi connectivity index (χ0) is 15.7. The lowest BCUT2D eigenvalue weighted by atomic mass is 10.2. The van der Waals surface area contributed by atoms with E-state index in [0.717, 1.165) is 30.2 Å². The van der Waals surface area contributed by atoms with Crippen molar-refractivity contribution in [1.82, 2.24) is 10.1 Å². The van der Waals surface area contributed by atoms with Gasteiger partial charge in [-0.2, -0.15) is 0 Å². The van der Waals surface area contributed by atoms with Gasteiger partial charge in [0.25, 0.3) is 0 Å². The van der Waals surface area contributed by atoms with Crippen LogP contribution in [0.4, 0.5) is 10.9 Å². The second kappa shape index (κ2) is 5.76. The van der Waals surface area contributed by atoms with Crippen molar-refractivity contribution in [2.75, 3.05) is 11.1 Å². The summed E-state index contributed by atoms with van der Waals surface area (Å²) in [5.74, 6) is -1.85. The summed E-state index contributed by atoms with van der Waals surface area (Å²) in [7, 11) is 0. The minimum atomic E-state index is -1.26. The molecule has 0 aliphatic heterocycles. The molecule has 2 heterocycles. The second-order valence-electron chi connectivity index (χ2n) is 5.07. The molecule has 0 aromatic carbocycles. The third kappa shape index (κ3) is 2.80. The third-order valence-corrected chi connectivity index (χ3v) is 4.50. The van der Waals surface area contributed by atoms with Crippen LogP contribution in [-0.2, 0) is 0 Å². The fourth-order valence-corrected chi connectivity index (χ4v) is 3.30. The highest BCUT2D eigenvalue weighted by Gasteiger charge is 2.24. The Labute approximate surface area is 129 Å². The van der Waals surface area contributed by atoms with Crippen LogP contribution < -0.4 is 11.1 Å². The Hall–Kier alpha value is -2.42. The number of nitrogen functional groups attached to an aromatic ring is 1. The first kappa shape index (κ1) is 14.5. The summed E-state index contributed by atoms with van der Waals surface area (Å²) in [5, 5.41) is 16.0. The van der Waals surface area contributed by atoms with E-state index >= 15 is 0 Å². The molecule has 1 aliphatic rings. The van der Waals surface area contributed by atoms with Crippen molar-refractivity contribution < 1.29 is 19.2 Å². The number of carbonyl (C=O) groups excluding carboxylic acids is 1. The summed E-state index contributed by atoms with van der Waals surface area (Å²) >= 11 is 1.13. The van der Waals surface area contributed by atoms with Crippen molar-refractivity contribution in [3.05, 3.63) is 22.4 Å². The van der Waals surface area contributed by atoms with E-state index in [-0.39, 0.29) is 22.1 Å². The number of carboxylic acids is 1. The molecule has 0 atom stereocenters. The zero-order valence-electron chi connectivity index (χ0n) is 11.5. The summed E-state index contributed by atoms with van der Waals surface area (Å²) in [6, 6.07) is 1.44. The average Bonchev–Trinajstić information content (AvgIpc) is 3.19. The molecule has 1 fully saturated rings. The lowest BCUT2D eigenvalue weighted by Crippen LogP contribution is -2.14. The van der Waals surface area contributed by atoms with Crippen LogP contribution in [0, 0.1) is 0 Å². The van der Waals surface area contributed by atoms with Gasteiger partial charge in [-0.25, -0.2) is 9.78 Å². The maximum Gasteiger partial charge on any atom is 0.358 e. The SMILES string of the molecule is Nc1nc(NC2CCCC2)sc1C(=O)c1cc(C(=O)O)no1. The summed E-state index contributed by atoms with van der Waals surface area (Å²) in [6.45, 7) is 0. The van der Waals surface area contributed by atoms with Crippen LogP contribution in [0.15, 0.2) is 10.6 Å². The predicted molar refractivity (Wildman–Crippen MR) is 79.3 cm³/mol. The Kier molecular flexibility index (Phi) is 3.80. The van der Waals surface area contributed by atoms with Gasteiger partial charge < -0.3 is 20.7 Å². The molecule has 2 aromatic rings. The Morgan fingerprint density at radius 3 is 2.77 bits per heavy atom. The van der Waals surface area contributed by atoms with Gasteiger partial charge in [0.05, 0.1) is 0 Å². The molecule has 116 valence electrons. The standard InChI is InChI=1S/C13H14N4O4S/c14-11-10(9(18)8-5-7(12(19)20)17-21-8)22-13(16-11)15-6-3-1-2-4-6/h5-6H,1-4,14H2,(H,15,16)(H,19,20). The van der Waals surface area contributed by atoms with E-state index in [2.05, 4.69) is 15.5 Å². The van der Waals surface area contributed by atoms with Crippen molar-refractivity contribution >= 4 is 34.0 Å². The number of aromatic carboxylic acids is 1. The first-order valence-corrected chi connectivity index (χ1v) is 7.64. The van der Waals surface area contributed by atoms with E-state index in [9.17, 15) is 9.59 Å². The van der Waals surface area contributed by atoms with Gasteiger partial charge in [0.1, 0.15) is 10.7 Å². The Balaban J connectivity index is 1.79. The van der Waals surface area contributed by atoms with Crippen molar-refractivity contribution in [1.29, 1.82) is 0 Å². The minimum Gasteiger partial charge on any atom is -0.476 e. The van der Waals surface area contributed by atoms with E-state index < -0.39 is 11.8 Å². The topological polar surface area (TPSA) is 131 Å². The minimum absolute atomic E-state index is 0.101. The number of hydrogen-bond acceptors (Lipinski definition) is 8. The lowest BCUT2D eigenvalue weighted by molar-refractivity contribution is 0.0685. The number of carboxylic acid groups (broad SMARTS) is 1. The van der Waals surface area contributed by atoms with Gasteiger partial charge in [0.2, 0.25) is 11.5 Å². The molecule has 1 aliphatic carbocycles. The van der Waals surface area contributed by atoms with Crippen LogP contribution >= 0.6 is 11.3 Å². The van der Waals surface area contributed by atoms with E-state index in [1.54, 1.807) is 0 Å². The molecule has 2 aromatic heterocycles. The maximum atomic E-state index is 12.3. The predicted octanol–water partition coefficient (Wildman–Crippen LogP) is 2.00. The van der Waals surface area contributed by atoms with Crippen LogP contribution in [0.2, 0.25) is 0 Å². The normalized spacial score (nSPS) is 15.1. The highest BCUT2D eigenvalue weighted by atomic mass is 32.1. The van der Waals surface area contributed by atoms with Crippen LogP contribution in [0.1, 0.15) is 51.6 Å². The fourth-order valence-electron chi connectivity index (χ4n) is 2.40. The first-order valence-electron chi connectivity index (χ1n) is 6.82. The summed E-state index contributed by atoms with van der Waals surface area (Å²) in [6.07, 6.45) is 4.51. The van der Waals surface area contributed by atoms with Crippen molar-refractivity contribution in [3.63, 3.8) is 0 Å². The summed E-state index contributed by atoms with van der Waals surface area (Å²) in [5.41, 5.74) is 5.46. The largest absolute Gasteiger partial charge is 0.476 e. The first-order chi connectivity index (χ1) is 10.5. The molecule has 4 N–H and O–H groups in total. The number of anilines is 2.